The number of anilines is 1. The van der Waals surface area contributed by atoms with Crippen LogP contribution in [0.15, 0.2) is 24.5 Å². The average molecular weight is 284 g/mol. The van der Waals surface area contributed by atoms with E-state index in [1.165, 1.54) is 31.6 Å². The molecule has 0 aliphatic rings. The van der Waals surface area contributed by atoms with Gasteiger partial charge in [-0.1, -0.05) is 11.6 Å². The first-order valence-corrected chi connectivity index (χ1v) is 5.73. The lowest BCUT2D eigenvalue weighted by molar-refractivity contribution is 0.369. The number of rotatable bonds is 4. The topological polar surface area (TPSA) is 56.3 Å². The van der Waals surface area contributed by atoms with Crippen molar-refractivity contribution in [2.24, 2.45) is 0 Å². The SMILES string of the molecule is CNc1ncnc(Oc2ccc(F)c(Cl)c2)c1OC. The summed E-state index contributed by atoms with van der Waals surface area (Å²) in [4.78, 5) is 7.96. The average Bonchev–Trinajstić information content (AvgIpc) is 2.42. The van der Waals surface area contributed by atoms with E-state index in [1.807, 2.05) is 0 Å². The Labute approximate surface area is 114 Å². The second kappa shape index (κ2) is 5.71. The molecule has 0 saturated carbocycles. The smallest absolute Gasteiger partial charge is 0.268 e. The van der Waals surface area contributed by atoms with Gasteiger partial charge in [-0.05, 0) is 12.1 Å². The normalized spacial score (nSPS) is 10.1. The molecule has 0 saturated heterocycles. The zero-order valence-electron chi connectivity index (χ0n) is 10.3. The number of halogens is 2. The zero-order valence-corrected chi connectivity index (χ0v) is 11.0. The molecule has 1 aromatic heterocycles. The van der Waals surface area contributed by atoms with Gasteiger partial charge in [0.2, 0.25) is 5.75 Å². The van der Waals surface area contributed by atoms with Gasteiger partial charge in [-0.25, -0.2) is 9.37 Å². The van der Waals surface area contributed by atoms with Gasteiger partial charge in [-0.2, -0.15) is 4.98 Å². The van der Waals surface area contributed by atoms with Crippen LogP contribution >= 0.6 is 11.6 Å². The van der Waals surface area contributed by atoms with E-state index in [1.54, 1.807) is 7.05 Å². The predicted molar refractivity (Wildman–Crippen MR) is 69.6 cm³/mol. The Hall–Kier alpha value is -2.08. The minimum absolute atomic E-state index is 0.0284. The van der Waals surface area contributed by atoms with Crippen molar-refractivity contribution in [2.75, 3.05) is 19.5 Å². The van der Waals surface area contributed by atoms with E-state index in [2.05, 4.69) is 15.3 Å². The molecule has 1 N–H and O–H groups in total. The molecular weight excluding hydrogens is 273 g/mol. The molecule has 19 heavy (non-hydrogen) atoms. The predicted octanol–water partition coefficient (Wildman–Crippen LogP) is 3.11. The fraction of sp³-hybridized carbons (Fsp3) is 0.167. The Morgan fingerprint density at radius 2 is 2.11 bits per heavy atom. The molecule has 5 nitrogen and oxygen atoms in total. The van der Waals surface area contributed by atoms with Crippen molar-refractivity contribution in [3.63, 3.8) is 0 Å². The van der Waals surface area contributed by atoms with Crippen molar-refractivity contribution in [3.05, 3.63) is 35.4 Å². The van der Waals surface area contributed by atoms with E-state index in [-0.39, 0.29) is 10.9 Å². The monoisotopic (exact) mass is 283 g/mol. The van der Waals surface area contributed by atoms with Crippen molar-refractivity contribution in [3.8, 4) is 17.4 Å². The minimum atomic E-state index is -0.514. The highest BCUT2D eigenvalue weighted by atomic mass is 35.5. The van der Waals surface area contributed by atoms with Crippen molar-refractivity contribution in [2.45, 2.75) is 0 Å². The highest BCUT2D eigenvalue weighted by molar-refractivity contribution is 6.30. The van der Waals surface area contributed by atoms with Gasteiger partial charge in [0.25, 0.3) is 5.88 Å². The van der Waals surface area contributed by atoms with Crippen LogP contribution in [0.4, 0.5) is 10.2 Å². The number of methoxy groups -OCH3 is 1. The van der Waals surface area contributed by atoms with E-state index in [0.29, 0.717) is 17.3 Å². The van der Waals surface area contributed by atoms with E-state index >= 15 is 0 Å². The van der Waals surface area contributed by atoms with Crippen molar-refractivity contribution < 1.29 is 13.9 Å². The summed E-state index contributed by atoms with van der Waals surface area (Å²) in [5.74, 6) is 0.890. The Balaban J connectivity index is 2.35. The zero-order chi connectivity index (χ0) is 13.8. The maximum Gasteiger partial charge on any atom is 0.268 e. The fourth-order valence-corrected chi connectivity index (χ4v) is 1.61. The molecule has 0 amide bonds. The minimum Gasteiger partial charge on any atom is -0.489 e. The summed E-state index contributed by atoms with van der Waals surface area (Å²) in [5, 5.41) is 2.82. The number of aromatic nitrogens is 2. The molecule has 0 unspecified atom stereocenters. The van der Waals surface area contributed by atoms with E-state index in [4.69, 9.17) is 21.1 Å². The molecule has 0 radical (unpaired) electrons. The molecule has 0 atom stereocenters. The summed E-state index contributed by atoms with van der Waals surface area (Å²) in [5.41, 5.74) is 0. The van der Waals surface area contributed by atoms with E-state index < -0.39 is 5.82 Å². The Morgan fingerprint density at radius 1 is 1.32 bits per heavy atom. The molecule has 2 rings (SSSR count). The molecule has 1 heterocycles. The summed E-state index contributed by atoms with van der Waals surface area (Å²) in [6, 6.07) is 4.02. The molecule has 0 aliphatic heterocycles. The molecule has 0 bridgehead atoms. The van der Waals surface area contributed by atoms with Crippen LogP contribution in [-0.4, -0.2) is 24.1 Å². The van der Waals surface area contributed by atoms with Crippen LogP contribution in [-0.2, 0) is 0 Å². The van der Waals surface area contributed by atoms with Crippen molar-refractivity contribution in [1.82, 2.24) is 9.97 Å². The van der Waals surface area contributed by atoms with Gasteiger partial charge < -0.3 is 14.8 Å². The van der Waals surface area contributed by atoms with Crippen LogP contribution < -0.4 is 14.8 Å². The van der Waals surface area contributed by atoms with Crippen LogP contribution in [0.2, 0.25) is 5.02 Å². The van der Waals surface area contributed by atoms with Crippen LogP contribution in [0.3, 0.4) is 0 Å². The number of benzene rings is 1. The van der Waals surface area contributed by atoms with Crippen LogP contribution in [0.1, 0.15) is 0 Å². The molecule has 7 heteroatoms. The number of ether oxygens (including phenoxy) is 2. The molecule has 100 valence electrons. The van der Waals surface area contributed by atoms with Gasteiger partial charge in [0.15, 0.2) is 5.82 Å². The third-order valence-electron chi connectivity index (χ3n) is 2.32. The number of nitrogens with zero attached hydrogens (tertiary/aromatic N) is 2. The third-order valence-corrected chi connectivity index (χ3v) is 2.61. The van der Waals surface area contributed by atoms with Gasteiger partial charge in [0.1, 0.15) is 17.9 Å². The molecule has 2 aromatic rings. The number of nitrogens with one attached hydrogen (secondary N) is 1. The number of hydrogen-bond acceptors (Lipinski definition) is 5. The van der Waals surface area contributed by atoms with E-state index in [0.717, 1.165) is 0 Å². The summed E-state index contributed by atoms with van der Waals surface area (Å²) in [7, 11) is 3.17. The molecular formula is C12H11ClFN3O2. The fourth-order valence-electron chi connectivity index (χ4n) is 1.44. The maximum absolute atomic E-state index is 13.1. The summed E-state index contributed by atoms with van der Waals surface area (Å²) < 4.78 is 23.7. The maximum atomic E-state index is 13.1. The summed E-state index contributed by atoms with van der Waals surface area (Å²) in [6.07, 6.45) is 1.33. The van der Waals surface area contributed by atoms with Crippen LogP contribution in [0.25, 0.3) is 0 Å². The summed E-state index contributed by atoms with van der Waals surface area (Å²) in [6.45, 7) is 0. The first kappa shape index (κ1) is 13.4. The Bertz CT molecular complexity index is 595. The Kier molecular flexibility index (Phi) is 4.01. The lowest BCUT2D eigenvalue weighted by Crippen LogP contribution is -2.00. The van der Waals surface area contributed by atoms with Crippen molar-refractivity contribution in [1.29, 1.82) is 0 Å². The Morgan fingerprint density at radius 3 is 2.74 bits per heavy atom. The second-order valence-corrected chi connectivity index (χ2v) is 3.90. The highest BCUT2D eigenvalue weighted by Crippen LogP contribution is 2.34. The van der Waals surface area contributed by atoms with Gasteiger partial charge in [-0.15, -0.1) is 0 Å². The second-order valence-electron chi connectivity index (χ2n) is 3.49. The standard InChI is InChI=1S/C12H11ClFN3O2/c1-15-11-10(18-2)12(17-6-16-11)19-7-3-4-9(14)8(13)5-7/h3-6H,1-2H3,(H,15,16,17). The third kappa shape index (κ3) is 2.85. The molecule has 0 fully saturated rings. The molecule has 1 aromatic carbocycles. The van der Waals surface area contributed by atoms with Gasteiger partial charge in [-0.3, -0.25) is 0 Å². The van der Waals surface area contributed by atoms with Crippen LogP contribution in [0.5, 0.6) is 17.4 Å². The van der Waals surface area contributed by atoms with Crippen LogP contribution in [0, 0.1) is 5.82 Å². The lowest BCUT2D eigenvalue weighted by atomic mass is 10.3. The van der Waals surface area contributed by atoms with Crippen molar-refractivity contribution >= 4 is 17.4 Å². The summed E-state index contributed by atoms with van der Waals surface area (Å²) >= 11 is 5.68. The first-order chi connectivity index (χ1) is 9.15. The number of hydrogen-bond donors (Lipinski definition) is 1. The largest absolute Gasteiger partial charge is 0.489 e. The first-order valence-electron chi connectivity index (χ1n) is 5.35. The van der Waals surface area contributed by atoms with Gasteiger partial charge >= 0.3 is 0 Å². The molecule has 0 aliphatic carbocycles. The van der Waals surface area contributed by atoms with E-state index in [9.17, 15) is 4.39 Å². The lowest BCUT2D eigenvalue weighted by Gasteiger charge is -2.11. The molecule has 0 spiro atoms. The van der Waals surface area contributed by atoms with Gasteiger partial charge in [0, 0.05) is 13.1 Å². The van der Waals surface area contributed by atoms with Gasteiger partial charge in [0.05, 0.1) is 12.1 Å². The quantitative estimate of drug-likeness (QED) is 0.934. The highest BCUT2D eigenvalue weighted by Gasteiger charge is 2.13.